The molecule has 0 fully saturated rings. The van der Waals surface area contributed by atoms with E-state index >= 15 is 0 Å². The van der Waals surface area contributed by atoms with Gasteiger partial charge in [0, 0.05) is 0 Å². The molecule has 3 N–H and O–H groups in total. The van der Waals surface area contributed by atoms with Crippen LogP contribution in [0.2, 0.25) is 0 Å². The largest absolute Gasteiger partial charge is 0.497 e. The first-order valence-corrected chi connectivity index (χ1v) is 6.29. The van der Waals surface area contributed by atoms with Crippen molar-refractivity contribution in [2.24, 2.45) is 0 Å². The first-order chi connectivity index (χ1) is 9.31. The van der Waals surface area contributed by atoms with Gasteiger partial charge >= 0.3 is 5.97 Å². The summed E-state index contributed by atoms with van der Waals surface area (Å²) in [5.41, 5.74) is -0.552. The molecule has 20 heavy (non-hydrogen) atoms. The first kappa shape index (κ1) is 16.0. The van der Waals surface area contributed by atoms with Crippen molar-refractivity contribution in [3.63, 3.8) is 0 Å². The number of nitrogens with one attached hydrogen (secondary N) is 2. The van der Waals surface area contributed by atoms with Crippen LogP contribution in [0.25, 0.3) is 0 Å². The van der Waals surface area contributed by atoms with Crippen molar-refractivity contribution in [2.75, 3.05) is 19.0 Å². The molecule has 0 atom stereocenters. The van der Waals surface area contributed by atoms with E-state index in [1.54, 1.807) is 19.9 Å². The Kier molecular flexibility index (Phi) is 5.10. The number of carbonyl (C=O) groups excluding carboxylic acids is 1. The number of amides is 1. The summed E-state index contributed by atoms with van der Waals surface area (Å²) in [5, 5.41) is 14.8. The number of carboxylic acid groups (broad SMARTS) is 1. The van der Waals surface area contributed by atoms with Crippen LogP contribution in [0.5, 0.6) is 5.75 Å². The molecule has 0 unspecified atom stereocenters. The normalized spacial score (nSPS) is 11.0. The van der Waals surface area contributed by atoms with Gasteiger partial charge in [0.15, 0.2) is 0 Å². The predicted octanol–water partition coefficient (Wildman–Crippen LogP) is 1.72. The van der Waals surface area contributed by atoms with E-state index in [9.17, 15) is 14.7 Å². The van der Waals surface area contributed by atoms with Crippen LogP contribution in [0, 0.1) is 0 Å². The second-order valence-corrected chi connectivity index (χ2v) is 4.83. The molecular formula is C14H20N2O4. The lowest BCUT2D eigenvalue weighted by molar-refractivity contribution is -0.121. The Bertz CT molecular complexity index is 512. The monoisotopic (exact) mass is 280 g/mol. The molecule has 1 amide bonds. The van der Waals surface area contributed by atoms with Crippen molar-refractivity contribution in [1.82, 2.24) is 5.32 Å². The van der Waals surface area contributed by atoms with E-state index in [4.69, 9.17) is 4.74 Å². The van der Waals surface area contributed by atoms with Crippen molar-refractivity contribution in [2.45, 2.75) is 26.3 Å². The molecule has 0 saturated carbocycles. The van der Waals surface area contributed by atoms with Gasteiger partial charge in [0.2, 0.25) is 5.91 Å². The third-order valence-corrected chi connectivity index (χ3v) is 2.89. The molecule has 0 aliphatic rings. The summed E-state index contributed by atoms with van der Waals surface area (Å²) in [6.07, 6.45) is 0. The fourth-order valence-corrected chi connectivity index (χ4v) is 1.74. The van der Waals surface area contributed by atoms with Crippen molar-refractivity contribution in [3.8, 4) is 5.75 Å². The van der Waals surface area contributed by atoms with E-state index in [0.29, 0.717) is 12.3 Å². The molecule has 0 bridgehead atoms. The van der Waals surface area contributed by atoms with Gasteiger partial charge in [-0.25, -0.2) is 4.79 Å². The predicted molar refractivity (Wildman–Crippen MR) is 76.3 cm³/mol. The van der Waals surface area contributed by atoms with Crippen molar-refractivity contribution in [1.29, 1.82) is 0 Å². The Hall–Kier alpha value is -2.08. The summed E-state index contributed by atoms with van der Waals surface area (Å²) in [7, 11) is 1.45. The molecule has 110 valence electrons. The van der Waals surface area contributed by atoms with E-state index in [1.165, 1.54) is 19.2 Å². The molecule has 0 aliphatic heterocycles. The van der Waals surface area contributed by atoms with E-state index in [-0.39, 0.29) is 17.2 Å². The lowest BCUT2D eigenvalue weighted by Gasteiger charge is -2.24. The SMILES string of the molecule is CCNC(C)(C)C(=O)Nc1ccc(OC)cc1C(=O)O. The molecule has 1 aromatic rings. The number of methoxy groups -OCH3 is 1. The number of rotatable bonds is 6. The zero-order valence-corrected chi connectivity index (χ0v) is 12.1. The van der Waals surface area contributed by atoms with Crippen LogP contribution in [0.4, 0.5) is 5.69 Å². The topological polar surface area (TPSA) is 87.7 Å². The molecule has 1 rings (SSSR count). The summed E-state index contributed by atoms with van der Waals surface area (Å²) in [6, 6.07) is 4.49. The highest BCUT2D eigenvalue weighted by Crippen LogP contribution is 2.23. The van der Waals surface area contributed by atoms with Crippen LogP contribution in [-0.4, -0.2) is 36.2 Å². The van der Waals surface area contributed by atoms with Crippen molar-refractivity contribution in [3.05, 3.63) is 23.8 Å². The Balaban J connectivity index is 3.03. The van der Waals surface area contributed by atoms with Crippen LogP contribution in [0.3, 0.4) is 0 Å². The number of carbonyl (C=O) groups is 2. The summed E-state index contributed by atoms with van der Waals surface area (Å²) >= 11 is 0. The molecule has 0 heterocycles. The van der Waals surface area contributed by atoms with E-state index < -0.39 is 11.5 Å². The Morgan fingerprint density at radius 2 is 2.00 bits per heavy atom. The number of benzene rings is 1. The third kappa shape index (κ3) is 3.71. The minimum absolute atomic E-state index is 0.00926. The van der Waals surface area contributed by atoms with Gasteiger partial charge in [-0.1, -0.05) is 6.92 Å². The van der Waals surface area contributed by atoms with Crippen LogP contribution < -0.4 is 15.4 Å². The summed E-state index contributed by atoms with van der Waals surface area (Å²) < 4.78 is 4.98. The number of carboxylic acids is 1. The van der Waals surface area contributed by atoms with Crippen molar-refractivity contribution >= 4 is 17.6 Å². The zero-order valence-electron chi connectivity index (χ0n) is 12.1. The molecule has 6 nitrogen and oxygen atoms in total. The van der Waals surface area contributed by atoms with E-state index in [2.05, 4.69) is 10.6 Å². The molecule has 0 aromatic heterocycles. The number of likely N-dealkylation sites (N-methyl/N-ethyl adjacent to an activating group) is 1. The van der Waals surface area contributed by atoms with Gasteiger partial charge in [-0.15, -0.1) is 0 Å². The maximum atomic E-state index is 12.2. The number of aromatic carboxylic acids is 1. The second-order valence-electron chi connectivity index (χ2n) is 4.83. The quantitative estimate of drug-likeness (QED) is 0.738. The molecule has 0 aliphatic carbocycles. The van der Waals surface area contributed by atoms with Crippen molar-refractivity contribution < 1.29 is 19.4 Å². The van der Waals surface area contributed by atoms with Gasteiger partial charge in [0.05, 0.1) is 23.9 Å². The standard InChI is InChI=1S/C14H20N2O4/c1-5-15-14(2,3)13(19)16-11-7-6-9(20-4)8-10(11)12(17)18/h6-8,15H,5H2,1-4H3,(H,16,19)(H,17,18). The fraction of sp³-hybridized carbons (Fsp3) is 0.429. The Morgan fingerprint density at radius 1 is 1.35 bits per heavy atom. The smallest absolute Gasteiger partial charge is 0.337 e. The van der Waals surface area contributed by atoms with Crippen LogP contribution >= 0.6 is 0 Å². The molecule has 6 heteroatoms. The highest BCUT2D eigenvalue weighted by atomic mass is 16.5. The van der Waals surface area contributed by atoms with Gasteiger partial charge in [0.25, 0.3) is 0 Å². The maximum absolute atomic E-state index is 12.2. The third-order valence-electron chi connectivity index (χ3n) is 2.89. The summed E-state index contributed by atoms with van der Waals surface area (Å²) in [4.78, 5) is 23.4. The molecule has 0 saturated heterocycles. The molecule has 0 radical (unpaired) electrons. The number of anilines is 1. The first-order valence-electron chi connectivity index (χ1n) is 6.29. The van der Waals surface area contributed by atoms with E-state index in [0.717, 1.165) is 0 Å². The minimum Gasteiger partial charge on any atom is -0.497 e. The number of ether oxygens (including phenoxy) is 1. The Labute approximate surface area is 118 Å². The molecular weight excluding hydrogens is 260 g/mol. The summed E-state index contributed by atoms with van der Waals surface area (Å²) in [5.74, 6) is -1.00. The van der Waals surface area contributed by atoms with Crippen LogP contribution in [0.15, 0.2) is 18.2 Å². The highest BCUT2D eigenvalue weighted by molar-refractivity contribution is 6.03. The highest BCUT2D eigenvalue weighted by Gasteiger charge is 2.27. The number of hydrogen-bond acceptors (Lipinski definition) is 4. The van der Waals surface area contributed by atoms with E-state index in [1.807, 2.05) is 6.92 Å². The van der Waals surface area contributed by atoms with Gasteiger partial charge in [-0.2, -0.15) is 0 Å². The minimum atomic E-state index is -1.12. The molecule has 1 aromatic carbocycles. The molecule has 0 spiro atoms. The van der Waals surface area contributed by atoms with Gasteiger partial charge in [0.1, 0.15) is 5.75 Å². The van der Waals surface area contributed by atoms with Gasteiger partial charge in [-0.05, 0) is 38.6 Å². The summed E-state index contributed by atoms with van der Waals surface area (Å²) in [6.45, 7) is 5.99. The fourth-order valence-electron chi connectivity index (χ4n) is 1.74. The van der Waals surface area contributed by atoms with Gasteiger partial charge < -0.3 is 20.5 Å². The van der Waals surface area contributed by atoms with Crippen LogP contribution in [0.1, 0.15) is 31.1 Å². The van der Waals surface area contributed by atoms with Gasteiger partial charge in [-0.3, -0.25) is 4.79 Å². The Morgan fingerprint density at radius 3 is 2.50 bits per heavy atom. The average molecular weight is 280 g/mol. The zero-order chi connectivity index (χ0) is 15.3. The maximum Gasteiger partial charge on any atom is 0.337 e. The van der Waals surface area contributed by atoms with Crippen LogP contribution in [-0.2, 0) is 4.79 Å². The second kappa shape index (κ2) is 6.38. The lowest BCUT2D eigenvalue weighted by atomic mass is 10.0. The lowest BCUT2D eigenvalue weighted by Crippen LogP contribution is -2.49. The number of hydrogen-bond donors (Lipinski definition) is 3. The average Bonchev–Trinajstić information content (AvgIpc) is 2.38.